The molecular formula is C14H27N3O2. The predicted octanol–water partition coefficient (Wildman–Crippen LogP) is 1.02. The van der Waals surface area contributed by atoms with Gasteiger partial charge in [0.25, 0.3) is 0 Å². The van der Waals surface area contributed by atoms with Crippen LogP contribution in [0.2, 0.25) is 0 Å². The van der Waals surface area contributed by atoms with Crippen LogP contribution in [0.25, 0.3) is 0 Å². The zero-order valence-corrected chi connectivity index (χ0v) is 12.2. The number of nitrogens with one attached hydrogen (secondary N) is 1. The van der Waals surface area contributed by atoms with Gasteiger partial charge in [0, 0.05) is 25.6 Å². The molecule has 0 saturated carbocycles. The van der Waals surface area contributed by atoms with Crippen molar-refractivity contribution >= 4 is 11.8 Å². The fourth-order valence-electron chi connectivity index (χ4n) is 2.44. The van der Waals surface area contributed by atoms with Crippen LogP contribution in [-0.2, 0) is 9.59 Å². The molecule has 1 aliphatic heterocycles. The van der Waals surface area contributed by atoms with Crippen molar-refractivity contribution in [2.45, 2.75) is 64.5 Å². The highest BCUT2D eigenvalue weighted by molar-refractivity contribution is 5.81. The highest BCUT2D eigenvalue weighted by Gasteiger charge is 2.26. The van der Waals surface area contributed by atoms with Gasteiger partial charge in [-0.3, -0.25) is 9.59 Å². The Morgan fingerprint density at radius 3 is 2.42 bits per heavy atom. The van der Waals surface area contributed by atoms with Crippen LogP contribution >= 0.6 is 0 Å². The Kier molecular flexibility index (Phi) is 6.84. The number of hydrogen-bond donors (Lipinski definition) is 2. The van der Waals surface area contributed by atoms with E-state index < -0.39 is 0 Å². The standard InChI is InChI=1S/C14H27N3O2/c1-3-5-12(15)14(19)17-9-7-11(8-10-17)16-13(18)6-4-2/h11-12H,3-10,15H2,1-2H3,(H,16,18)/t12-/m0/s1. The van der Waals surface area contributed by atoms with E-state index >= 15 is 0 Å². The van der Waals surface area contributed by atoms with Crippen LogP contribution < -0.4 is 11.1 Å². The number of nitrogens with two attached hydrogens (primary N) is 1. The Balaban J connectivity index is 2.32. The number of nitrogens with zero attached hydrogens (tertiary/aromatic N) is 1. The molecule has 1 heterocycles. The molecule has 1 atom stereocenters. The Morgan fingerprint density at radius 1 is 1.26 bits per heavy atom. The normalized spacial score (nSPS) is 18.2. The summed E-state index contributed by atoms with van der Waals surface area (Å²) in [5.41, 5.74) is 5.85. The second kappa shape index (κ2) is 8.15. The average molecular weight is 269 g/mol. The molecule has 110 valence electrons. The summed E-state index contributed by atoms with van der Waals surface area (Å²) < 4.78 is 0. The van der Waals surface area contributed by atoms with E-state index in [9.17, 15) is 9.59 Å². The third-order valence-electron chi connectivity index (χ3n) is 3.57. The molecular weight excluding hydrogens is 242 g/mol. The van der Waals surface area contributed by atoms with E-state index in [1.807, 2.05) is 18.7 Å². The largest absolute Gasteiger partial charge is 0.353 e. The summed E-state index contributed by atoms with van der Waals surface area (Å²) in [6, 6.07) is -0.151. The fraction of sp³-hybridized carbons (Fsp3) is 0.857. The van der Waals surface area contributed by atoms with E-state index in [1.165, 1.54) is 0 Å². The second-order valence-electron chi connectivity index (χ2n) is 5.31. The summed E-state index contributed by atoms with van der Waals surface area (Å²) >= 11 is 0. The molecule has 0 aromatic heterocycles. The van der Waals surface area contributed by atoms with Gasteiger partial charge in [-0.15, -0.1) is 0 Å². The van der Waals surface area contributed by atoms with Gasteiger partial charge >= 0.3 is 0 Å². The molecule has 1 saturated heterocycles. The highest BCUT2D eigenvalue weighted by Crippen LogP contribution is 2.12. The van der Waals surface area contributed by atoms with E-state index in [0.29, 0.717) is 19.5 Å². The van der Waals surface area contributed by atoms with Crippen molar-refractivity contribution in [3.63, 3.8) is 0 Å². The van der Waals surface area contributed by atoms with Gasteiger partial charge in [0.05, 0.1) is 6.04 Å². The number of amides is 2. The summed E-state index contributed by atoms with van der Waals surface area (Å²) in [5, 5.41) is 3.03. The summed E-state index contributed by atoms with van der Waals surface area (Å²) in [7, 11) is 0. The average Bonchev–Trinajstić information content (AvgIpc) is 2.39. The maximum atomic E-state index is 12.0. The van der Waals surface area contributed by atoms with Crippen LogP contribution in [-0.4, -0.2) is 41.9 Å². The van der Waals surface area contributed by atoms with Gasteiger partial charge in [0.2, 0.25) is 11.8 Å². The van der Waals surface area contributed by atoms with E-state index in [1.54, 1.807) is 0 Å². The first-order valence-electron chi connectivity index (χ1n) is 7.42. The van der Waals surface area contributed by atoms with Crippen molar-refractivity contribution in [1.29, 1.82) is 0 Å². The lowest BCUT2D eigenvalue weighted by Crippen LogP contribution is -2.50. The molecule has 3 N–H and O–H groups in total. The summed E-state index contributed by atoms with van der Waals surface area (Å²) in [5.74, 6) is 0.176. The number of carbonyl (C=O) groups excluding carboxylic acids is 2. The lowest BCUT2D eigenvalue weighted by atomic mass is 10.0. The molecule has 0 unspecified atom stereocenters. The topological polar surface area (TPSA) is 75.4 Å². The Hall–Kier alpha value is -1.10. The van der Waals surface area contributed by atoms with Crippen molar-refractivity contribution in [2.24, 2.45) is 5.73 Å². The molecule has 19 heavy (non-hydrogen) atoms. The molecule has 1 rings (SSSR count). The van der Waals surface area contributed by atoms with Crippen LogP contribution in [0.5, 0.6) is 0 Å². The first-order valence-corrected chi connectivity index (χ1v) is 7.42. The number of piperidine rings is 1. The van der Waals surface area contributed by atoms with Crippen molar-refractivity contribution < 1.29 is 9.59 Å². The highest BCUT2D eigenvalue weighted by atomic mass is 16.2. The quantitative estimate of drug-likeness (QED) is 0.756. The molecule has 5 nitrogen and oxygen atoms in total. The molecule has 0 radical (unpaired) electrons. The fourth-order valence-corrected chi connectivity index (χ4v) is 2.44. The Bertz CT molecular complexity index is 299. The molecule has 0 bridgehead atoms. The van der Waals surface area contributed by atoms with Gasteiger partial charge in [0.15, 0.2) is 0 Å². The maximum Gasteiger partial charge on any atom is 0.239 e. The third kappa shape index (κ3) is 5.19. The Labute approximate surface area is 115 Å². The van der Waals surface area contributed by atoms with Gasteiger partial charge < -0.3 is 16.0 Å². The predicted molar refractivity (Wildman–Crippen MR) is 75.5 cm³/mol. The van der Waals surface area contributed by atoms with Crippen LogP contribution in [0, 0.1) is 0 Å². The summed E-state index contributed by atoms with van der Waals surface area (Å²) in [4.78, 5) is 25.4. The van der Waals surface area contributed by atoms with Gasteiger partial charge in [-0.2, -0.15) is 0 Å². The van der Waals surface area contributed by atoms with E-state index in [0.717, 1.165) is 32.1 Å². The maximum absolute atomic E-state index is 12.0. The lowest BCUT2D eigenvalue weighted by Gasteiger charge is -2.33. The van der Waals surface area contributed by atoms with E-state index in [-0.39, 0.29) is 23.9 Å². The van der Waals surface area contributed by atoms with Crippen LogP contribution in [0.15, 0.2) is 0 Å². The zero-order chi connectivity index (χ0) is 14.3. The van der Waals surface area contributed by atoms with Crippen molar-refractivity contribution in [3.8, 4) is 0 Å². The molecule has 1 aliphatic rings. The molecule has 0 aromatic rings. The number of hydrogen-bond acceptors (Lipinski definition) is 3. The second-order valence-corrected chi connectivity index (χ2v) is 5.31. The van der Waals surface area contributed by atoms with Crippen LogP contribution in [0.4, 0.5) is 0 Å². The van der Waals surface area contributed by atoms with E-state index in [2.05, 4.69) is 5.32 Å². The van der Waals surface area contributed by atoms with Crippen LogP contribution in [0.1, 0.15) is 52.4 Å². The summed E-state index contributed by atoms with van der Waals surface area (Å²) in [6.07, 6.45) is 4.79. The monoisotopic (exact) mass is 269 g/mol. The van der Waals surface area contributed by atoms with Crippen LogP contribution in [0.3, 0.4) is 0 Å². The number of likely N-dealkylation sites (tertiary alicyclic amines) is 1. The van der Waals surface area contributed by atoms with Gasteiger partial charge in [-0.1, -0.05) is 20.3 Å². The first-order chi connectivity index (χ1) is 9.08. The summed E-state index contributed by atoms with van der Waals surface area (Å²) in [6.45, 7) is 5.43. The molecule has 5 heteroatoms. The van der Waals surface area contributed by atoms with Gasteiger partial charge in [-0.25, -0.2) is 0 Å². The minimum atomic E-state index is -0.365. The number of rotatable bonds is 6. The SMILES string of the molecule is CCCC(=O)NC1CCN(C(=O)[C@@H](N)CCC)CC1. The van der Waals surface area contributed by atoms with Crippen molar-refractivity contribution in [3.05, 3.63) is 0 Å². The third-order valence-corrected chi connectivity index (χ3v) is 3.57. The van der Waals surface area contributed by atoms with Crippen molar-refractivity contribution in [1.82, 2.24) is 10.2 Å². The smallest absolute Gasteiger partial charge is 0.239 e. The number of carbonyl (C=O) groups is 2. The molecule has 2 amide bonds. The lowest BCUT2D eigenvalue weighted by molar-refractivity contribution is -0.134. The van der Waals surface area contributed by atoms with E-state index in [4.69, 9.17) is 5.73 Å². The molecule has 1 fully saturated rings. The molecule has 0 aliphatic carbocycles. The first kappa shape index (κ1) is 16.0. The Morgan fingerprint density at radius 2 is 1.89 bits per heavy atom. The zero-order valence-electron chi connectivity index (χ0n) is 12.2. The minimum Gasteiger partial charge on any atom is -0.353 e. The van der Waals surface area contributed by atoms with Crippen molar-refractivity contribution in [2.75, 3.05) is 13.1 Å². The molecule has 0 aromatic carbocycles. The molecule has 0 spiro atoms. The minimum absolute atomic E-state index is 0.0557. The van der Waals surface area contributed by atoms with Gasteiger partial charge in [-0.05, 0) is 25.7 Å². The van der Waals surface area contributed by atoms with Gasteiger partial charge in [0.1, 0.15) is 0 Å².